The third-order valence-electron chi connectivity index (χ3n) is 19.6. The number of unbranched alkanes of at least 4 members (excludes halogenated alkanes) is 48. The highest BCUT2D eigenvalue weighted by atomic mass is 16.7. The molecule has 548 valence electrons. The first kappa shape index (κ1) is 87.3. The van der Waals surface area contributed by atoms with E-state index in [4.69, 9.17) is 18.9 Å². The number of hydrogen-bond acceptors (Lipinski definition) is 13. The largest absolute Gasteiger partial charge is 0.394 e. The van der Waals surface area contributed by atoms with Crippen molar-refractivity contribution in [2.24, 2.45) is 0 Å². The zero-order valence-corrected chi connectivity index (χ0v) is 60.0. The molecule has 0 aromatic carbocycles. The standard InChI is InChI=1S/C79H149NO13/c1-3-5-7-9-11-13-15-17-19-21-23-25-27-29-30-31-32-33-34-35-36-37-38-39-41-43-45-47-49-51-53-55-57-59-61-63-71(84)80-67(66-90-78-76(89)74(87)77(70(65-82)92-78)93-79-75(88)73(86)72(85)69(64-81)91-79)68(83)62-60-58-56-54-52-50-48-46-44-42-40-28-26-24-22-20-18-16-14-12-10-8-6-4-2/h15,17,21,23,27,29,67-70,72-79,81-83,85-89H,3-14,16,18-20,22,24-26,28,30-66H2,1-2H3,(H,80,84)/b17-15-,23-21-,29-27-. The summed E-state index contributed by atoms with van der Waals surface area (Å²) in [7, 11) is 0. The van der Waals surface area contributed by atoms with Crippen LogP contribution in [0.15, 0.2) is 36.5 Å². The van der Waals surface area contributed by atoms with E-state index in [0.29, 0.717) is 12.8 Å². The van der Waals surface area contributed by atoms with Gasteiger partial charge in [0.25, 0.3) is 0 Å². The summed E-state index contributed by atoms with van der Waals surface area (Å²) in [4.78, 5) is 13.4. The van der Waals surface area contributed by atoms with E-state index in [9.17, 15) is 45.6 Å². The van der Waals surface area contributed by atoms with Gasteiger partial charge in [0.2, 0.25) is 5.91 Å². The molecule has 14 heteroatoms. The summed E-state index contributed by atoms with van der Waals surface area (Å²) in [6, 6.07) is -0.829. The third-order valence-corrected chi connectivity index (χ3v) is 19.6. The van der Waals surface area contributed by atoms with Crippen molar-refractivity contribution in [3.05, 3.63) is 36.5 Å². The quantitative estimate of drug-likeness (QED) is 0.0204. The van der Waals surface area contributed by atoms with E-state index in [2.05, 4.69) is 55.6 Å². The Morgan fingerprint density at radius 3 is 1.09 bits per heavy atom. The second-order valence-electron chi connectivity index (χ2n) is 28.2. The number of allylic oxidation sites excluding steroid dienone is 6. The van der Waals surface area contributed by atoms with Gasteiger partial charge in [0.05, 0.1) is 32.0 Å². The molecule has 12 unspecified atom stereocenters. The maximum atomic E-state index is 13.4. The Labute approximate surface area is 570 Å². The number of nitrogens with one attached hydrogen (secondary N) is 1. The van der Waals surface area contributed by atoms with Crippen LogP contribution in [-0.2, 0) is 23.7 Å². The number of carbonyl (C=O) groups is 1. The molecule has 0 aromatic rings. The predicted octanol–water partition coefficient (Wildman–Crippen LogP) is 17.6. The Hall–Kier alpha value is -1.79. The molecule has 2 rings (SSSR count). The van der Waals surface area contributed by atoms with Crippen LogP contribution in [0.2, 0.25) is 0 Å². The van der Waals surface area contributed by atoms with Crippen molar-refractivity contribution in [2.45, 2.75) is 441 Å². The van der Waals surface area contributed by atoms with Gasteiger partial charge in [-0.2, -0.15) is 0 Å². The Morgan fingerprint density at radius 2 is 0.710 bits per heavy atom. The number of carbonyl (C=O) groups excluding carboxylic acids is 1. The summed E-state index contributed by atoms with van der Waals surface area (Å²) in [5.41, 5.74) is 0. The van der Waals surface area contributed by atoms with Crippen molar-refractivity contribution in [1.29, 1.82) is 0 Å². The third kappa shape index (κ3) is 47.0. The number of rotatable bonds is 67. The second-order valence-corrected chi connectivity index (χ2v) is 28.2. The van der Waals surface area contributed by atoms with Crippen molar-refractivity contribution in [3.63, 3.8) is 0 Å². The molecular weight excluding hydrogens is 1170 g/mol. The topological polar surface area (TPSA) is 228 Å². The minimum absolute atomic E-state index is 0.199. The number of ether oxygens (including phenoxy) is 4. The van der Waals surface area contributed by atoms with E-state index in [1.54, 1.807) is 0 Å². The highest BCUT2D eigenvalue weighted by molar-refractivity contribution is 5.76. The molecule has 0 aliphatic carbocycles. The van der Waals surface area contributed by atoms with E-state index >= 15 is 0 Å². The highest BCUT2D eigenvalue weighted by Crippen LogP contribution is 2.30. The maximum Gasteiger partial charge on any atom is 0.220 e. The lowest BCUT2D eigenvalue weighted by molar-refractivity contribution is -0.359. The van der Waals surface area contributed by atoms with Crippen LogP contribution in [0.25, 0.3) is 0 Å². The maximum absolute atomic E-state index is 13.4. The molecule has 93 heavy (non-hydrogen) atoms. The number of amides is 1. The Bertz CT molecular complexity index is 1700. The van der Waals surface area contributed by atoms with Gasteiger partial charge in [0, 0.05) is 6.42 Å². The molecule has 2 fully saturated rings. The first-order valence-corrected chi connectivity index (χ1v) is 39.7. The molecule has 1 amide bonds. The van der Waals surface area contributed by atoms with E-state index in [0.717, 1.165) is 64.2 Å². The van der Waals surface area contributed by atoms with E-state index in [-0.39, 0.29) is 12.5 Å². The van der Waals surface area contributed by atoms with Crippen molar-refractivity contribution in [1.82, 2.24) is 5.32 Å². The van der Waals surface area contributed by atoms with Crippen molar-refractivity contribution in [3.8, 4) is 0 Å². The Kier molecular flexibility index (Phi) is 59.7. The molecule has 12 atom stereocenters. The molecule has 2 aliphatic heterocycles. The van der Waals surface area contributed by atoms with Crippen LogP contribution in [-0.4, -0.2) is 140 Å². The zero-order chi connectivity index (χ0) is 67.3. The normalized spacial score (nSPS) is 22.7. The molecule has 0 saturated carbocycles. The van der Waals surface area contributed by atoms with Crippen molar-refractivity contribution >= 4 is 5.91 Å². The monoisotopic (exact) mass is 1320 g/mol. The van der Waals surface area contributed by atoms with E-state index in [1.165, 1.54) is 276 Å². The smallest absolute Gasteiger partial charge is 0.220 e. The van der Waals surface area contributed by atoms with Gasteiger partial charge in [-0.3, -0.25) is 4.79 Å². The van der Waals surface area contributed by atoms with Crippen LogP contribution in [0, 0.1) is 0 Å². The fraction of sp³-hybridized carbons (Fsp3) is 0.911. The van der Waals surface area contributed by atoms with Gasteiger partial charge in [-0.25, -0.2) is 0 Å². The molecule has 2 heterocycles. The van der Waals surface area contributed by atoms with Gasteiger partial charge in [-0.05, 0) is 51.4 Å². The predicted molar refractivity (Wildman–Crippen MR) is 383 cm³/mol. The Morgan fingerprint density at radius 1 is 0.387 bits per heavy atom. The lowest BCUT2D eigenvalue weighted by atomic mass is 9.97. The van der Waals surface area contributed by atoms with Gasteiger partial charge in [-0.1, -0.05) is 346 Å². The van der Waals surface area contributed by atoms with Gasteiger partial charge in [0.1, 0.15) is 48.8 Å². The number of aliphatic hydroxyl groups excluding tert-OH is 8. The zero-order valence-electron chi connectivity index (χ0n) is 60.0. The fourth-order valence-electron chi connectivity index (χ4n) is 13.3. The van der Waals surface area contributed by atoms with E-state index < -0.39 is 86.8 Å². The SMILES string of the molecule is CCCCCCC/C=C\C/C=C\C/C=C\CCCCCCCCCCCCCCCCCCCCCCC(=O)NC(COC1OC(CO)C(OC2OC(CO)C(O)C(O)C2O)C(O)C1O)C(O)CCCCCCCCCCCCCCCCCCCCCCCCCC. The second kappa shape index (κ2) is 63.6. The fourth-order valence-corrected chi connectivity index (χ4v) is 13.3. The summed E-state index contributed by atoms with van der Waals surface area (Å²) < 4.78 is 23.0. The molecule has 14 nitrogen and oxygen atoms in total. The minimum Gasteiger partial charge on any atom is -0.394 e. The Balaban J connectivity index is 1.60. The first-order chi connectivity index (χ1) is 45.6. The average molecular weight is 1320 g/mol. The van der Waals surface area contributed by atoms with Crippen LogP contribution in [0.5, 0.6) is 0 Å². The van der Waals surface area contributed by atoms with Crippen molar-refractivity contribution < 1.29 is 64.6 Å². The first-order valence-electron chi connectivity index (χ1n) is 39.7. The van der Waals surface area contributed by atoms with Crippen LogP contribution in [0.3, 0.4) is 0 Å². The summed E-state index contributed by atoms with van der Waals surface area (Å²) in [6.45, 7) is 2.91. The van der Waals surface area contributed by atoms with Crippen LogP contribution < -0.4 is 5.32 Å². The summed E-state index contributed by atoms with van der Waals surface area (Å²) in [5.74, 6) is -0.199. The summed E-state index contributed by atoms with van der Waals surface area (Å²) in [6.07, 6.45) is 66.1. The summed E-state index contributed by atoms with van der Waals surface area (Å²) in [5, 5.41) is 87.8. The number of aliphatic hydroxyl groups is 8. The minimum atomic E-state index is -1.78. The van der Waals surface area contributed by atoms with E-state index in [1.807, 2.05) is 0 Å². The highest BCUT2D eigenvalue weighted by Gasteiger charge is 2.51. The van der Waals surface area contributed by atoms with Crippen LogP contribution in [0.4, 0.5) is 0 Å². The molecule has 0 radical (unpaired) electrons. The van der Waals surface area contributed by atoms with Gasteiger partial charge < -0.3 is 65.1 Å². The molecule has 0 aromatic heterocycles. The average Bonchev–Trinajstić information content (AvgIpc) is 0.854. The van der Waals surface area contributed by atoms with Crippen LogP contribution in [0.1, 0.15) is 367 Å². The van der Waals surface area contributed by atoms with Gasteiger partial charge >= 0.3 is 0 Å². The van der Waals surface area contributed by atoms with Gasteiger partial charge in [-0.15, -0.1) is 0 Å². The molecule has 2 aliphatic rings. The lowest BCUT2D eigenvalue weighted by Gasteiger charge is -2.46. The molecule has 0 spiro atoms. The molecule has 0 bridgehead atoms. The molecule has 9 N–H and O–H groups in total. The van der Waals surface area contributed by atoms with Gasteiger partial charge in [0.15, 0.2) is 12.6 Å². The molecular formula is C79H149NO13. The van der Waals surface area contributed by atoms with Crippen LogP contribution >= 0.6 is 0 Å². The summed E-state index contributed by atoms with van der Waals surface area (Å²) >= 11 is 0. The van der Waals surface area contributed by atoms with Crippen molar-refractivity contribution in [2.75, 3.05) is 19.8 Å². The lowest BCUT2D eigenvalue weighted by Crippen LogP contribution is -2.65. The number of hydrogen-bond donors (Lipinski definition) is 9. The molecule has 2 saturated heterocycles.